The lowest BCUT2D eigenvalue weighted by atomic mass is 10.2. The van der Waals surface area contributed by atoms with Crippen LogP contribution >= 0.6 is 22.7 Å². The molecular formula is C11H6O3S2. The molecule has 0 radical (unpaired) electrons. The van der Waals surface area contributed by atoms with E-state index in [0.29, 0.717) is 32.1 Å². The van der Waals surface area contributed by atoms with Crippen molar-refractivity contribution in [1.29, 1.82) is 0 Å². The summed E-state index contributed by atoms with van der Waals surface area (Å²) in [4.78, 5) is 34.9. The monoisotopic (exact) mass is 250 g/mol. The predicted octanol–water partition coefficient (Wildman–Crippen LogP) is 2.67. The highest BCUT2D eigenvalue weighted by Crippen LogP contribution is 2.23. The van der Waals surface area contributed by atoms with Crippen LogP contribution in [0.3, 0.4) is 0 Å². The minimum absolute atomic E-state index is 0.142. The van der Waals surface area contributed by atoms with Crippen LogP contribution in [-0.4, -0.2) is 18.4 Å². The molecule has 0 saturated carbocycles. The van der Waals surface area contributed by atoms with Gasteiger partial charge >= 0.3 is 0 Å². The zero-order chi connectivity index (χ0) is 11.5. The lowest BCUT2D eigenvalue weighted by Gasteiger charge is -1.90. The Morgan fingerprint density at radius 1 is 0.875 bits per heavy atom. The molecular weight excluding hydrogens is 244 g/mol. The first kappa shape index (κ1) is 10.9. The van der Waals surface area contributed by atoms with Crippen LogP contribution in [0.25, 0.3) is 0 Å². The van der Waals surface area contributed by atoms with Crippen LogP contribution in [0.15, 0.2) is 24.3 Å². The molecule has 5 heteroatoms. The van der Waals surface area contributed by atoms with E-state index in [-0.39, 0.29) is 5.78 Å². The molecule has 0 N–H and O–H groups in total. The third-order valence-electron chi connectivity index (χ3n) is 1.93. The summed E-state index contributed by atoms with van der Waals surface area (Å²) < 4.78 is 0. The maximum atomic E-state index is 11.9. The molecule has 0 atom stereocenters. The highest BCUT2D eigenvalue weighted by atomic mass is 32.1. The van der Waals surface area contributed by atoms with Gasteiger partial charge in [0, 0.05) is 0 Å². The SMILES string of the molecule is O=Cc1ccc(C(=O)c2ccc(C=O)s2)s1. The Balaban J connectivity index is 2.30. The van der Waals surface area contributed by atoms with E-state index in [0.717, 1.165) is 22.7 Å². The van der Waals surface area contributed by atoms with Gasteiger partial charge in [0.2, 0.25) is 5.78 Å². The topological polar surface area (TPSA) is 51.2 Å². The van der Waals surface area contributed by atoms with Crippen molar-refractivity contribution in [3.8, 4) is 0 Å². The Bertz CT molecular complexity index is 503. The minimum Gasteiger partial charge on any atom is -0.297 e. The van der Waals surface area contributed by atoms with Gasteiger partial charge in [0.25, 0.3) is 0 Å². The Morgan fingerprint density at radius 3 is 1.62 bits per heavy atom. The predicted molar refractivity (Wildman–Crippen MR) is 62.8 cm³/mol. The van der Waals surface area contributed by atoms with Gasteiger partial charge in [-0.2, -0.15) is 0 Å². The number of carbonyl (C=O) groups is 3. The fourth-order valence-electron chi connectivity index (χ4n) is 1.20. The van der Waals surface area contributed by atoms with Gasteiger partial charge in [-0.3, -0.25) is 14.4 Å². The number of hydrogen-bond acceptors (Lipinski definition) is 5. The second kappa shape index (κ2) is 4.51. The molecule has 0 unspecified atom stereocenters. The molecule has 80 valence electrons. The summed E-state index contributed by atoms with van der Waals surface area (Å²) in [6.45, 7) is 0. The van der Waals surface area contributed by atoms with E-state index >= 15 is 0 Å². The molecule has 0 amide bonds. The van der Waals surface area contributed by atoms with Crippen molar-refractivity contribution >= 4 is 41.0 Å². The molecule has 2 rings (SSSR count). The Labute approximate surface area is 99.3 Å². The summed E-state index contributed by atoms with van der Waals surface area (Å²) in [7, 11) is 0. The standard InChI is InChI=1S/C11H6O3S2/c12-5-7-1-3-9(15-7)11(14)10-4-2-8(6-13)16-10/h1-6H. The molecule has 0 aliphatic carbocycles. The van der Waals surface area contributed by atoms with Gasteiger partial charge in [-0.25, -0.2) is 0 Å². The van der Waals surface area contributed by atoms with Gasteiger partial charge in [-0.1, -0.05) is 0 Å². The van der Waals surface area contributed by atoms with Gasteiger partial charge in [0.1, 0.15) is 0 Å². The third kappa shape index (κ3) is 2.00. The number of thiophene rings is 2. The average Bonchev–Trinajstić information content (AvgIpc) is 2.97. The normalized spacial score (nSPS) is 10.0. The maximum Gasteiger partial charge on any atom is 0.212 e. The smallest absolute Gasteiger partial charge is 0.212 e. The lowest BCUT2D eigenvalue weighted by Crippen LogP contribution is -1.93. The van der Waals surface area contributed by atoms with E-state index in [1.807, 2.05) is 0 Å². The Hall–Kier alpha value is -1.59. The number of carbonyl (C=O) groups excluding carboxylic acids is 3. The van der Waals surface area contributed by atoms with E-state index in [1.165, 1.54) is 0 Å². The average molecular weight is 250 g/mol. The summed E-state index contributed by atoms with van der Waals surface area (Å²) in [5.74, 6) is -0.142. The zero-order valence-electron chi connectivity index (χ0n) is 8.01. The first-order valence-corrected chi connectivity index (χ1v) is 6.02. The maximum absolute atomic E-state index is 11.9. The van der Waals surface area contributed by atoms with Crippen molar-refractivity contribution in [3.05, 3.63) is 43.8 Å². The molecule has 2 aromatic heterocycles. The van der Waals surface area contributed by atoms with Crippen molar-refractivity contribution in [3.63, 3.8) is 0 Å². The number of ketones is 1. The minimum atomic E-state index is -0.142. The summed E-state index contributed by atoms with van der Waals surface area (Å²) in [6.07, 6.45) is 1.43. The van der Waals surface area contributed by atoms with E-state index in [1.54, 1.807) is 24.3 Å². The van der Waals surface area contributed by atoms with Crippen molar-refractivity contribution in [2.45, 2.75) is 0 Å². The molecule has 2 aromatic rings. The molecule has 16 heavy (non-hydrogen) atoms. The summed E-state index contributed by atoms with van der Waals surface area (Å²) in [5.41, 5.74) is 0. The quantitative estimate of drug-likeness (QED) is 0.619. The van der Waals surface area contributed by atoms with E-state index in [4.69, 9.17) is 0 Å². The number of hydrogen-bond donors (Lipinski definition) is 0. The second-order valence-corrected chi connectivity index (χ2v) is 5.20. The van der Waals surface area contributed by atoms with E-state index in [2.05, 4.69) is 0 Å². The first-order valence-electron chi connectivity index (χ1n) is 4.39. The third-order valence-corrected chi connectivity index (χ3v) is 3.95. The van der Waals surface area contributed by atoms with E-state index in [9.17, 15) is 14.4 Å². The fraction of sp³-hybridized carbons (Fsp3) is 0. The highest BCUT2D eigenvalue weighted by molar-refractivity contribution is 7.19. The molecule has 0 aromatic carbocycles. The van der Waals surface area contributed by atoms with Crippen LogP contribution in [0, 0.1) is 0 Å². The van der Waals surface area contributed by atoms with E-state index < -0.39 is 0 Å². The van der Waals surface area contributed by atoms with Gasteiger partial charge in [0.05, 0.1) is 19.5 Å². The first-order chi connectivity index (χ1) is 7.74. The van der Waals surface area contributed by atoms with Crippen molar-refractivity contribution < 1.29 is 14.4 Å². The molecule has 0 bridgehead atoms. The molecule has 3 nitrogen and oxygen atoms in total. The largest absolute Gasteiger partial charge is 0.297 e. The molecule has 0 aliphatic rings. The van der Waals surface area contributed by atoms with Crippen LogP contribution in [0.2, 0.25) is 0 Å². The molecule has 0 saturated heterocycles. The van der Waals surface area contributed by atoms with Crippen molar-refractivity contribution in [2.75, 3.05) is 0 Å². The second-order valence-electron chi connectivity index (χ2n) is 2.97. The van der Waals surface area contributed by atoms with Crippen molar-refractivity contribution in [2.24, 2.45) is 0 Å². The van der Waals surface area contributed by atoms with Crippen LogP contribution < -0.4 is 0 Å². The molecule has 0 fully saturated rings. The van der Waals surface area contributed by atoms with Crippen LogP contribution in [0.1, 0.15) is 33.9 Å². The van der Waals surface area contributed by atoms with Crippen LogP contribution in [0.4, 0.5) is 0 Å². The number of rotatable bonds is 4. The van der Waals surface area contributed by atoms with Crippen LogP contribution in [-0.2, 0) is 0 Å². The summed E-state index contributed by atoms with van der Waals surface area (Å²) >= 11 is 2.31. The highest BCUT2D eigenvalue weighted by Gasteiger charge is 2.13. The fourth-order valence-corrected chi connectivity index (χ4v) is 2.82. The summed E-state index contributed by atoms with van der Waals surface area (Å²) in [6, 6.07) is 6.46. The molecule has 0 aliphatic heterocycles. The van der Waals surface area contributed by atoms with Crippen molar-refractivity contribution in [1.82, 2.24) is 0 Å². The zero-order valence-corrected chi connectivity index (χ0v) is 9.64. The lowest BCUT2D eigenvalue weighted by molar-refractivity contribution is 0.104. The van der Waals surface area contributed by atoms with Gasteiger partial charge in [-0.15, -0.1) is 22.7 Å². The van der Waals surface area contributed by atoms with Gasteiger partial charge < -0.3 is 0 Å². The van der Waals surface area contributed by atoms with Crippen LogP contribution in [0.5, 0.6) is 0 Å². The van der Waals surface area contributed by atoms with Gasteiger partial charge in [0.15, 0.2) is 12.6 Å². The summed E-state index contributed by atoms with van der Waals surface area (Å²) in [5, 5.41) is 0. The molecule has 0 spiro atoms. The van der Waals surface area contributed by atoms with Gasteiger partial charge in [-0.05, 0) is 24.3 Å². The Morgan fingerprint density at radius 2 is 1.31 bits per heavy atom. The molecule has 2 heterocycles. The Kier molecular flexibility index (Phi) is 3.07. The number of aldehydes is 2.